The Bertz CT molecular complexity index is 507. The Labute approximate surface area is 107 Å². The molecule has 2 rings (SSSR count). The maximum absolute atomic E-state index is 5.21. The predicted molar refractivity (Wildman–Crippen MR) is 69.9 cm³/mol. The first-order chi connectivity index (χ1) is 8.70. The molecule has 0 aliphatic heterocycles. The quantitative estimate of drug-likeness (QED) is 0.873. The highest BCUT2D eigenvalue weighted by molar-refractivity contribution is 5.38. The molecule has 2 aromatic rings. The SMILES string of the molecule is COc1cccc(-n2ncnc2CNC(C)C)c1. The van der Waals surface area contributed by atoms with Crippen LogP contribution in [-0.4, -0.2) is 27.9 Å². The summed E-state index contributed by atoms with van der Waals surface area (Å²) in [5.74, 6) is 1.70. The van der Waals surface area contributed by atoms with E-state index in [1.165, 1.54) is 0 Å². The molecule has 1 aromatic heterocycles. The van der Waals surface area contributed by atoms with Crippen LogP contribution >= 0.6 is 0 Å². The zero-order chi connectivity index (χ0) is 13.0. The molecule has 0 saturated carbocycles. The van der Waals surface area contributed by atoms with Gasteiger partial charge in [-0.25, -0.2) is 9.67 Å². The van der Waals surface area contributed by atoms with Crippen molar-refractivity contribution in [2.45, 2.75) is 26.4 Å². The number of benzene rings is 1. The minimum Gasteiger partial charge on any atom is -0.497 e. The molecule has 18 heavy (non-hydrogen) atoms. The third-order valence-corrected chi connectivity index (χ3v) is 2.58. The van der Waals surface area contributed by atoms with E-state index in [4.69, 9.17) is 4.74 Å². The van der Waals surface area contributed by atoms with Gasteiger partial charge in [0.15, 0.2) is 0 Å². The zero-order valence-corrected chi connectivity index (χ0v) is 10.9. The van der Waals surface area contributed by atoms with Crippen LogP contribution in [0.1, 0.15) is 19.7 Å². The van der Waals surface area contributed by atoms with Gasteiger partial charge in [0.2, 0.25) is 0 Å². The van der Waals surface area contributed by atoms with E-state index < -0.39 is 0 Å². The lowest BCUT2D eigenvalue weighted by atomic mass is 10.3. The molecule has 0 aliphatic carbocycles. The van der Waals surface area contributed by atoms with Crippen molar-refractivity contribution in [3.05, 3.63) is 36.4 Å². The van der Waals surface area contributed by atoms with Gasteiger partial charge < -0.3 is 10.1 Å². The minimum atomic E-state index is 0.417. The second-order valence-electron chi connectivity index (χ2n) is 4.33. The molecular weight excluding hydrogens is 228 g/mol. The van der Waals surface area contributed by atoms with Gasteiger partial charge in [-0.05, 0) is 12.1 Å². The molecule has 1 aromatic carbocycles. The Morgan fingerprint density at radius 2 is 2.22 bits per heavy atom. The Morgan fingerprint density at radius 1 is 1.39 bits per heavy atom. The molecule has 0 spiro atoms. The van der Waals surface area contributed by atoms with Crippen LogP contribution in [-0.2, 0) is 6.54 Å². The van der Waals surface area contributed by atoms with Gasteiger partial charge in [0.1, 0.15) is 17.9 Å². The van der Waals surface area contributed by atoms with E-state index in [0.29, 0.717) is 12.6 Å². The molecule has 5 heteroatoms. The van der Waals surface area contributed by atoms with Crippen molar-refractivity contribution in [3.8, 4) is 11.4 Å². The smallest absolute Gasteiger partial charge is 0.146 e. The fraction of sp³-hybridized carbons (Fsp3) is 0.385. The molecule has 96 valence electrons. The van der Waals surface area contributed by atoms with Crippen LogP contribution in [0.15, 0.2) is 30.6 Å². The van der Waals surface area contributed by atoms with Crippen molar-refractivity contribution < 1.29 is 4.74 Å². The minimum absolute atomic E-state index is 0.417. The highest BCUT2D eigenvalue weighted by Crippen LogP contribution is 2.16. The standard InChI is InChI=1S/C13H18N4O/c1-10(2)14-8-13-15-9-16-17(13)11-5-4-6-12(7-11)18-3/h4-7,9-10,14H,8H2,1-3H3. The average Bonchev–Trinajstić information content (AvgIpc) is 2.84. The lowest BCUT2D eigenvalue weighted by molar-refractivity contribution is 0.414. The number of aromatic nitrogens is 3. The Morgan fingerprint density at radius 3 is 2.94 bits per heavy atom. The number of rotatable bonds is 5. The maximum atomic E-state index is 5.21. The number of methoxy groups -OCH3 is 1. The van der Waals surface area contributed by atoms with Crippen molar-refractivity contribution in [2.75, 3.05) is 7.11 Å². The number of ether oxygens (including phenoxy) is 1. The van der Waals surface area contributed by atoms with Gasteiger partial charge in [0.05, 0.1) is 19.3 Å². The van der Waals surface area contributed by atoms with E-state index in [1.54, 1.807) is 13.4 Å². The highest BCUT2D eigenvalue weighted by Gasteiger charge is 2.07. The molecule has 0 bridgehead atoms. The van der Waals surface area contributed by atoms with E-state index in [0.717, 1.165) is 17.3 Å². The van der Waals surface area contributed by atoms with Crippen LogP contribution in [0.2, 0.25) is 0 Å². The molecule has 0 unspecified atom stereocenters. The zero-order valence-electron chi connectivity index (χ0n) is 10.9. The van der Waals surface area contributed by atoms with Crippen LogP contribution in [0.4, 0.5) is 0 Å². The molecule has 1 heterocycles. The van der Waals surface area contributed by atoms with Gasteiger partial charge in [0, 0.05) is 12.1 Å². The topological polar surface area (TPSA) is 52.0 Å². The van der Waals surface area contributed by atoms with E-state index in [-0.39, 0.29) is 0 Å². The Balaban J connectivity index is 2.24. The lowest BCUT2D eigenvalue weighted by Gasteiger charge is -2.10. The number of hydrogen-bond acceptors (Lipinski definition) is 4. The maximum Gasteiger partial charge on any atom is 0.146 e. The third kappa shape index (κ3) is 2.87. The fourth-order valence-corrected chi connectivity index (χ4v) is 1.64. The van der Waals surface area contributed by atoms with Gasteiger partial charge in [-0.1, -0.05) is 19.9 Å². The molecule has 0 amide bonds. The number of nitrogens with one attached hydrogen (secondary N) is 1. The molecule has 0 aliphatic rings. The highest BCUT2D eigenvalue weighted by atomic mass is 16.5. The van der Waals surface area contributed by atoms with E-state index in [9.17, 15) is 0 Å². The largest absolute Gasteiger partial charge is 0.497 e. The first kappa shape index (κ1) is 12.6. The van der Waals surface area contributed by atoms with E-state index >= 15 is 0 Å². The summed E-state index contributed by atoms with van der Waals surface area (Å²) in [6.45, 7) is 4.90. The first-order valence-corrected chi connectivity index (χ1v) is 5.97. The second kappa shape index (κ2) is 5.64. The summed E-state index contributed by atoms with van der Waals surface area (Å²) >= 11 is 0. The van der Waals surface area contributed by atoms with Gasteiger partial charge in [-0.15, -0.1) is 0 Å². The van der Waals surface area contributed by atoms with Crippen molar-refractivity contribution >= 4 is 0 Å². The Kier molecular flexibility index (Phi) is 3.94. The van der Waals surface area contributed by atoms with Gasteiger partial charge in [-0.2, -0.15) is 5.10 Å². The molecular formula is C13H18N4O. The summed E-state index contributed by atoms with van der Waals surface area (Å²) in [4.78, 5) is 4.27. The van der Waals surface area contributed by atoms with Crippen molar-refractivity contribution in [1.82, 2.24) is 20.1 Å². The lowest BCUT2D eigenvalue weighted by Crippen LogP contribution is -2.24. The van der Waals surface area contributed by atoms with Crippen LogP contribution in [0, 0.1) is 0 Å². The normalized spacial score (nSPS) is 10.9. The summed E-state index contributed by atoms with van der Waals surface area (Å²) in [6, 6.07) is 8.19. The fourth-order valence-electron chi connectivity index (χ4n) is 1.64. The molecule has 0 atom stereocenters. The number of hydrogen-bond donors (Lipinski definition) is 1. The number of nitrogens with zero attached hydrogens (tertiary/aromatic N) is 3. The first-order valence-electron chi connectivity index (χ1n) is 5.97. The third-order valence-electron chi connectivity index (χ3n) is 2.58. The van der Waals surface area contributed by atoms with Crippen LogP contribution < -0.4 is 10.1 Å². The van der Waals surface area contributed by atoms with Gasteiger partial charge in [0.25, 0.3) is 0 Å². The van der Waals surface area contributed by atoms with Crippen molar-refractivity contribution in [1.29, 1.82) is 0 Å². The van der Waals surface area contributed by atoms with Crippen LogP contribution in [0.5, 0.6) is 5.75 Å². The summed E-state index contributed by atoms with van der Waals surface area (Å²) in [5, 5.41) is 7.58. The Hall–Kier alpha value is -1.88. The average molecular weight is 246 g/mol. The second-order valence-corrected chi connectivity index (χ2v) is 4.33. The van der Waals surface area contributed by atoms with Gasteiger partial charge in [-0.3, -0.25) is 0 Å². The summed E-state index contributed by atoms with van der Waals surface area (Å²) < 4.78 is 7.03. The van der Waals surface area contributed by atoms with Crippen molar-refractivity contribution in [2.24, 2.45) is 0 Å². The van der Waals surface area contributed by atoms with Crippen LogP contribution in [0.3, 0.4) is 0 Å². The van der Waals surface area contributed by atoms with Crippen LogP contribution in [0.25, 0.3) is 5.69 Å². The van der Waals surface area contributed by atoms with E-state index in [2.05, 4.69) is 29.2 Å². The summed E-state index contributed by atoms with van der Waals surface area (Å²) in [6.07, 6.45) is 1.57. The predicted octanol–water partition coefficient (Wildman–Crippen LogP) is 1.77. The monoisotopic (exact) mass is 246 g/mol. The van der Waals surface area contributed by atoms with E-state index in [1.807, 2.05) is 28.9 Å². The van der Waals surface area contributed by atoms with Gasteiger partial charge >= 0.3 is 0 Å². The molecule has 5 nitrogen and oxygen atoms in total. The molecule has 0 saturated heterocycles. The van der Waals surface area contributed by atoms with Crippen molar-refractivity contribution in [3.63, 3.8) is 0 Å². The molecule has 1 N–H and O–H groups in total. The molecule has 0 radical (unpaired) electrons. The molecule has 0 fully saturated rings. The summed E-state index contributed by atoms with van der Waals surface area (Å²) in [7, 11) is 1.65. The summed E-state index contributed by atoms with van der Waals surface area (Å²) in [5.41, 5.74) is 0.951.